The Bertz CT molecular complexity index is 1760. The molecule has 39 heavy (non-hydrogen) atoms. The molecule has 1 aliphatic heterocycles. The van der Waals surface area contributed by atoms with Crippen LogP contribution in [0.3, 0.4) is 0 Å². The van der Waals surface area contributed by atoms with Crippen molar-refractivity contribution < 1.29 is 5.11 Å². The summed E-state index contributed by atoms with van der Waals surface area (Å²) < 4.78 is 0. The topological polar surface area (TPSA) is 49.2 Å². The first kappa shape index (κ1) is 25.1. The first-order chi connectivity index (χ1) is 18.5. The molecule has 196 valence electrons. The summed E-state index contributed by atoms with van der Waals surface area (Å²) in [5.41, 5.74) is 10.6. The molecule has 1 aliphatic rings. The maximum atomic E-state index is 10.8. The van der Waals surface area contributed by atoms with Crippen LogP contribution in [0.4, 0.5) is 17.2 Å². The zero-order valence-electron chi connectivity index (χ0n) is 23.8. The molecule has 3 heterocycles. The fourth-order valence-electron chi connectivity index (χ4n) is 6.27. The van der Waals surface area contributed by atoms with E-state index in [0.29, 0.717) is 5.52 Å². The Hall–Kier alpha value is -4.18. The summed E-state index contributed by atoms with van der Waals surface area (Å²) in [5, 5.41) is 11.8. The third-order valence-electron chi connectivity index (χ3n) is 8.07. The molecular formula is C35H35N3O. The van der Waals surface area contributed by atoms with Crippen molar-refractivity contribution in [1.82, 2.24) is 9.97 Å². The molecule has 0 atom stereocenters. The van der Waals surface area contributed by atoms with Gasteiger partial charge in [0.15, 0.2) is 0 Å². The smallest absolute Gasteiger partial charge is 0.141 e. The van der Waals surface area contributed by atoms with Crippen molar-refractivity contribution in [2.75, 3.05) is 4.90 Å². The number of phenols is 1. The van der Waals surface area contributed by atoms with Crippen molar-refractivity contribution in [2.45, 2.75) is 59.3 Å². The van der Waals surface area contributed by atoms with Gasteiger partial charge in [-0.3, -0.25) is 4.90 Å². The number of aromatic nitrogens is 2. The minimum absolute atomic E-state index is 0.0577. The SMILES string of the molecule is Cc1ccnc(N2c3ccccc3C(C)(C)c3c(C)cc(-c4ccc5c(C(C)(C)C)ccc(O)c5n4)cc32)c1. The lowest BCUT2D eigenvalue weighted by Crippen LogP contribution is -2.32. The standard InChI is InChI=1S/C35H35N3O/c1-21-16-17-36-31(18-21)38-28-11-9-8-10-26(28)35(6,7)32-22(2)19-23(20-29(32)38)27-14-12-24-25(34(3,4)5)13-15-30(39)33(24)37-27/h8-20,39H,1-7H3. The van der Waals surface area contributed by atoms with Gasteiger partial charge in [-0.05, 0) is 89.5 Å². The minimum atomic E-state index is -0.189. The Balaban J connectivity index is 1.61. The molecule has 5 aromatic rings. The van der Waals surface area contributed by atoms with Crippen LogP contribution in [0, 0.1) is 13.8 Å². The molecule has 0 amide bonds. The van der Waals surface area contributed by atoms with Crippen LogP contribution in [-0.4, -0.2) is 15.1 Å². The van der Waals surface area contributed by atoms with E-state index in [0.717, 1.165) is 39.4 Å². The fourth-order valence-corrected chi connectivity index (χ4v) is 6.27. The predicted octanol–water partition coefficient (Wildman–Crippen LogP) is 9.03. The van der Waals surface area contributed by atoms with Crippen molar-refractivity contribution in [1.29, 1.82) is 0 Å². The van der Waals surface area contributed by atoms with Crippen LogP contribution in [-0.2, 0) is 10.8 Å². The Morgan fingerprint density at radius 3 is 2.36 bits per heavy atom. The third kappa shape index (κ3) is 3.97. The number of rotatable bonds is 2. The highest BCUT2D eigenvalue weighted by Gasteiger charge is 2.38. The number of phenolic OH excluding ortho intramolecular Hbond substituents is 1. The molecule has 0 spiro atoms. The van der Waals surface area contributed by atoms with Gasteiger partial charge in [-0.1, -0.05) is 65.0 Å². The highest BCUT2D eigenvalue weighted by molar-refractivity contribution is 5.92. The van der Waals surface area contributed by atoms with Gasteiger partial charge in [-0.2, -0.15) is 0 Å². The van der Waals surface area contributed by atoms with Crippen LogP contribution in [0.5, 0.6) is 5.75 Å². The minimum Gasteiger partial charge on any atom is -0.506 e. The van der Waals surface area contributed by atoms with Crippen LogP contribution < -0.4 is 4.90 Å². The lowest BCUT2D eigenvalue weighted by molar-refractivity contribution is 0.479. The fraction of sp³-hybridized carbons (Fsp3) is 0.257. The number of para-hydroxylation sites is 1. The second-order valence-electron chi connectivity index (χ2n) is 12.3. The van der Waals surface area contributed by atoms with Crippen LogP contribution >= 0.6 is 0 Å². The second kappa shape index (κ2) is 8.67. The Morgan fingerprint density at radius 1 is 0.846 bits per heavy atom. The first-order valence-corrected chi connectivity index (χ1v) is 13.6. The van der Waals surface area contributed by atoms with Crippen LogP contribution in [0.1, 0.15) is 62.4 Å². The van der Waals surface area contributed by atoms with Gasteiger partial charge < -0.3 is 5.11 Å². The van der Waals surface area contributed by atoms with Crippen LogP contribution in [0.2, 0.25) is 0 Å². The number of hydrogen-bond acceptors (Lipinski definition) is 4. The molecule has 6 rings (SSSR count). The Kier molecular flexibility index (Phi) is 5.58. The summed E-state index contributed by atoms with van der Waals surface area (Å²) in [6.45, 7) is 15.5. The molecule has 0 radical (unpaired) electrons. The zero-order chi connectivity index (χ0) is 27.7. The molecule has 0 saturated carbocycles. The molecule has 4 heteroatoms. The van der Waals surface area contributed by atoms with E-state index in [9.17, 15) is 5.11 Å². The number of hydrogen-bond donors (Lipinski definition) is 1. The Labute approximate surface area is 231 Å². The number of benzene rings is 3. The summed E-state index contributed by atoms with van der Waals surface area (Å²) >= 11 is 0. The largest absolute Gasteiger partial charge is 0.506 e. The second-order valence-corrected chi connectivity index (χ2v) is 12.3. The van der Waals surface area contributed by atoms with Gasteiger partial charge in [0.05, 0.1) is 17.1 Å². The van der Waals surface area contributed by atoms with Crippen molar-refractivity contribution in [3.8, 4) is 17.0 Å². The van der Waals surface area contributed by atoms with Gasteiger partial charge in [0, 0.05) is 22.6 Å². The number of pyridine rings is 2. The van der Waals surface area contributed by atoms with Crippen molar-refractivity contribution >= 4 is 28.1 Å². The summed E-state index contributed by atoms with van der Waals surface area (Å²) in [4.78, 5) is 12.1. The van der Waals surface area contributed by atoms with Gasteiger partial charge in [0.1, 0.15) is 17.1 Å². The first-order valence-electron chi connectivity index (χ1n) is 13.6. The third-order valence-corrected chi connectivity index (χ3v) is 8.07. The van der Waals surface area contributed by atoms with Crippen molar-refractivity contribution in [3.05, 3.63) is 107 Å². The maximum absolute atomic E-state index is 10.8. The van der Waals surface area contributed by atoms with E-state index in [-0.39, 0.29) is 16.6 Å². The lowest BCUT2D eigenvalue weighted by atomic mass is 9.71. The molecule has 0 aliphatic carbocycles. The summed E-state index contributed by atoms with van der Waals surface area (Å²) in [7, 11) is 0. The summed E-state index contributed by atoms with van der Waals surface area (Å²) in [5.74, 6) is 1.10. The van der Waals surface area contributed by atoms with E-state index in [1.165, 1.54) is 22.3 Å². The number of aryl methyl sites for hydroxylation is 2. The monoisotopic (exact) mass is 513 g/mol. The zero-order valence-corrected chi connectivity index (χ0v) is 23.8. The highest BCUT2D eigenvalue weighted by Crippen LogP contribution is 2.53. The summed E-state index contributed by atoms with van der Waals surface area (Å²) in [6, 6.07) is 25.2. The van der Waals surface area contributed by atoms with Crippen molar-refractivity contribution in [2.24, 2.45) is 0 Å². The quantitative estimate of drug-likeness (QED) is 0.256. The predicted molar refractivity (Wildman–Crippen MR) is 162 cm³/mol. The number of aromatic hydroxyl groups is 1. The number of nitrogens with zero attached hydrogens (tertiary/aromatic N) is 3. The van der Waals surface area contributed by atoms with Crippen LogP contribution in [0.15, 0.2) is 79.0 Å². The molecule has 0 saturated heterocycles. The molecule has 3 aromatic carbocycles. The molecule has 1 N–H and O–H groups in total. The molecule has 2 aromatic heterocycles. The lowest BCUT2D eigenvalue weighted by Gasteiger charge is -2.42. The van der Waals surface area contributed by atoms with E-state index >= 15 is 0 Å². The van der Waals surface area contributed by atoms with Gasteiger partial charge in [-0.15, -0.1) is 0 Å². The van der Waals surface area contributed by atoms with Crippen LogP contribution in [0.25, 0.3) is 22.2 Å². The average molecular weight is 514 g/mol. The molecule has 0 bridgehead atoms. The average Bonchev–Trinajstić information content (AvgIpc) is 2.88. The molecule has 0 unspecified atom stereocenters. The van der Waals surface area contributed by atoms with E-state index in [1.54, 1.807) is 6.07 Å². The van der Waals surface area contributed by atoms with E-state index in [2.05, 4.69) is 108 Å². The maximum Gasteiger partial charge on any atom is 0.141 e. The van der Waals surface area contributed by atoms with Gasteiger partial charge in [0.2, 0.25) is 0 Å². The van der Waals surface area contributed by atoms with E-state index in [4.69, 9.17) is 9.97 Å². The van der Waals surface area contributed by atoms with Crippen molar-refractivity contribution in [3.63, 3.8) is 0 Å². The molecular weight excluding hydrogens is 478 g/mol. The van der Waals surface area contributed by atoms with Gasteiger partial charge >= 0.3 is 0 Å². The van der Waals surface area contributed by atoms with E-state index in [1.807, 2.05) is 18.3 Å². The number of anilines is 3. The Morgan fingerprint density at radius 2 is 1.62 bits per heavy atom. The summed E-state index contributed by atoms with van der Waals surface area (Å²) in [6.07, 6.45) is 1.88. The molecule has 0 fully saturated rings. The molecule has 4 nitrogen and oxygen atoms in total. The van der Waals surface area contributed by atoms with E-state index < -0.39 is 0 Å². The van der Waals surface area contributed by atoms with Gasteiger partial charge in [0.25, 0.3) is 0 Å². The highest BCUT2D eigenvalue weighted by atomic mass is 16.3. The normalized spacial score (nSPS) is 14.3. The number of fused-ring (bicyclic) bond motifs is 3. The van der Waals surface area contributed by atoms with Gasteiger partial charge in [-0.25, -0.2) is 9.97 Å².